The molecule has 0 unspecified atom stereocenters. The molecule has 0 aliphatic carbocycles. The van der Waals surface area contributed by atoms with Crippen molar-refractivity contribution in [1.29, 1.82) is 0 Å². The Labute approximate surface area is 139 Å². The van der Waals surface area contributed by atoms with Gasteiger partial charge in [-0.2, -0.15) is 0 Å². The molecule has 0 atom stereocenters. The maximum atomic E-state index is 0. The van der Waals surface area contributed by atoms with Crippen LogP contribution in [0.1, 0.15) is 0 Å². The summed E-state index contributed by atoms with van der Waals surface area (Å²) in [4.78, 5) is 0. The van der Waals surface area contributed by atoms with Crippen molar-refractivity contribution in [1.82, 2.24) is 0 Å². The smallest absolute Gasteiger partial charge is 1.00 e. The Morgan fingerprint density at radius 2 is 0.300 bits per heavy atom. The van der Waals surface area contributed by atoms with E-state index in [9.17, 15) is 0 Å². The van der Waals surface area contributed by atoms with E-state index in [0.29, 0.717) is 0 Å². The number of hydrogen-bond donors (Lipinski definition) is 0. The van der Waals surface area contributed by atoms with Crippen molar-refractivity contribution in [3.63, 3.8) is 0 Å². The molecule has 0 aromatic heterocycles. The average Bonchev–Trinajstić information content (AvgIpc) is 0. The first-order valence-electron chi connectivity index (χ1n) is 0. The van der Waals surface area contributed by atoms with Crippen LogP contribution < -0.4 is 99.3 Å². The maximum absolute atomic E-state index is 0. The fourth-order valence-corrected chi connectivity index (χ4v) is 0. The molecule has 0 aromatic rings. The van der Waals surface area contributed by atoms with Gasteiger partial charge in [-0.05, 0) is 0 Å². The van der Waals surface area contributed by atoms with Gasteiger partial charge in [0.25, 0.3) is 0 Å². The Hall–Kier alpha value is 3.70. The molecular weight excluding hydrogens is 563 g/mol. The van der Waals surface area contributed by atoms with Crippen molar-refractivity contribution in [2.75, 3.05) is 0 Å². The van der Waals surface area contributed by atoms with E-state index in [1.807, 2.05) is 0 Å². The van der Waals surface area contributed by atoms with Gasteiger partial charge in [-0.3, -0.25) is 0 Å². The molecule has 0 saturated carbocycles. The molecule has 0 amide bonds. The fourth-order valence-electron chi connectivity index (χ4n) is 0. The van der Waals surface area contributed by atoms with Crippen LogP contribution in [0, 0.1) is 0 Å². The average molecular weight is 563 g/mol. The van der Waals surface area contributed by atoms with Gasteiger partial charge in [0.1, 0.15) is 0 Å². The summed E-state index contributed by atoms with van der Waals surface area (Å²) in [6.45, 7) is 0. The predicted molar refractivity (Wildman–Crippen MR) is 0 cm³/mol. The van der Waals surface area contributed by atoms with E-state index in [1.165, 1.54) is 0 Å². The van der Waals surface area contributed by atoms with Gasteiger partial charge < -0.3 is 99.3 Å². The van der Waals surface area contributed by atoms with E-state index < -0.39 is 0 Å². The molecule has 0 bridgehead atoms. The Kier molecular flexibility index (Phi) is 2050. The van der Waals surface area contributed by atoms with Gasteiger partial charge in [0.05, 0.1) is 0 Å². The topological polar surface area (TPSA) is 0 Å². The number of rotatable bonds is 0. The van der Waals surface area contributed by atoms with Crippen LogP contribution in [-0.4, -0.2) is 0 Å². The number of halogens is 8. The largest absolute Gasteiger partial charge is 4.00 e. The van der Waals surface area contributed by atoms with Crippen LogP contribution in [0.5, 0.6) is 0 Å². The first kappa shape index (κ1) is 162. The minimum atomic E-state index is 0. The van der Waals surface area contributed by atoms with Crippen LogP contribution in [0.25, 0.3) is 0 Å². The second-order valence-electron chi connectivity index (χ2n) is 0. The molecular formula is Cl8MoW-4. The van der Waals surface area contributed by atoms with Crippen molar-refractivity contribution in [2.24, 2.45) is 0 Å². The normalized spacial score (nSPS) is 0. The SMILES string of the molecule is [Cl-].[Cl-].[Cl-].[Cl-].[Cl-].[Cl-].[Cl-].[Cl-].[Mo+4].[W]. The first-order valence-corrected chi connectivity index (χ1v) is 0. The van der Waals surface area contributed by atoms with Crippen LogP contribution in [0.3, 0.4) is 0 Å². The summed E-state index contributed by atoms with van der Waals surface area (Å²) in [5.41, 5.74) is 0. The van der Waals surface area contributed by atoms with E-state index >= 15 is 0 Å². The van der Waals surface area contributed by atoms with Gasteiger partial charge in [0.15, 0.2) is 0 Å². The van der Waals surface area contributed by atoms with Crippen molar-refractivity contribution in [3.05, 3.63) is 0 Å². The minimum absolute atomic E-state index is 0. The maximum Gasteiger partial charge on any atom is 4.00 e. The van der Waals surface area contributed by atoms with E-state index in [4.69, 9.17) is 0 Å². The van der Waals surface area contributed by atoms with Gasteiger partial charge in [0, 0.05) is 21.1 Å². The van der Waals surface area contributed by atoms with Crippen molar-refractivity contribution >= 4 is 0 Å². The molecule has 0 fully saturated rings. The summed E-state index contributed by atoms with van der Waals surface area (Å²) in [5, 5.41) is 0. The summed E-state index contributed by atoms with van der Waals surface area (Å²) in [5.74, 6) is 0. The first-order chi connectivity index (χ1) is 0. The third-order valence-electron chi connectivity index (χ3n) is 0. The second-order valence-corrected chi connectivity index (χ2v) is 0. The zero-order valence-electron chi connectivity index (χ0n) is 3.84. The Bertz CT molecular complexity index is 9.22. The molecule has 0 aromatic carbocycles. The molecule has 0 heterocycles. The molecule has 0 aliphatic rings. The van der Waals surface area contributed by atoms with Gasteiger partial charge in [-0.25, -0.2) is 0 Å². The number of hydrogen-bond acceptors (Lipinski definition) is 0. The molecule has 0 rings (SSSR count). The van der Waals surface area contributed by atoms with E-state index in [2.05, 4.69) is 0 Å². The van der Waals surface area contributed by atoms with Crippen molar-refractivity contribution < 1.29 is 141 Å². The molecule has 0 saturated heterocycles. The van der Waals surface area contributed by atoms with E-state index in [0.717, 1.165) is 0 Å². The zero-order valence-corrected chi connectivity index (χ0v) is 14.8. The summed E-state index contributed by atoms with van der Waals surface area (Å²) >= 11 is 0. The quantitative estimate of drug-likeness (QED) is 0.257. The molecule has 72 valence electrons. The summed E-state index contributed by atoms with van der Waals surface area (Å²) in [7, 11) is 0. The standard InChI is InChI=1S/8ClH.Mo.W/h8*1H;;/q;;;;;;;;+4;/p-8. The Morgan fingerprint density at radius 3 is 0.300 bits per heavy atom. The van der Waals surface area contributed by atoms with Crippen molar-refractivity contribution in [2.45, 2.75) is 0 Å². The molecule has 0 spiro atoms. The summed E-state index contributed by atoms with van der Waals surface area (Å²) in [6, 6.07) is 0. The van der Waals surface area contributed by atoms with Crippen LogP contribution >= 0.6 is 0 Å². The van der Waals surface area contributed by atoms with Gasteiger partial charge in [-0.1, -0.05) is 0 Å². The molecule has 0 radical (unpaired) electrons. The van der Waals surface area contributed by atoms with Gasteiger partial charge in [0.2, 0.25) is 0 Å². The zero-order chi connectivity index (χ0) is 0. The van der Waals surface area contributed by atoms with Crippen LogP contribution in [-0.2, 0) is 42.1 Å². The van der Waals surface area contributed by atoms with Gasteiger partial charge in [-0.15, -0.1) is 0 Å². The summed E-state index contributed by atoms with van der Waals surface area (Å²) in [6.07, 6.45) is 0. The van der Waals surface area contributed by atoms with Crippen LogP contribution in [0.2, 0.25) is 0 Å². The fraction of sp³-hybridized carbons (Fsp3) is 0. The van der Waals surface area contributed by atoms with Crippen molar-refractivity contribution in [3.8, 4) is 0 Å². The molecule has 10 heavy (non-hydrogen) atoms. The molecule has 0 nitrogen and oxygen atoms in total. The third-order valence-corrected chi connectivity index (χ3v) is 0. The Morgan fingerprint density at radius 1 is 0.300 bits per heavy atom. The van der Waals surface area contributed by atoms with Gasteiger partial charge >= 0.3 is 21.1 Å². The molecule has 0 N–H and O–H groups in total. The minimum Gasteiger partial charge on any atom is -1.00 e. The van der Waals surface area contributed by atoms with Crippen LogP contribution in [0.15, 0.2) is 0 Å². The molecule has 0 aliphatic heterocycles. The molecule has 10 heteroatoms. The third kappa shape index (κ3) is 97.9. The second kappa shape index (κ2) is 127. The summed E-state index contributed by atoms with van der Waals surface area (Å²) < 4.78 is 0. The Balaban J connectivity index is 0. The van der Waals surface area contributed by atoms with E-state index in [-0.39, 0.29) is 141 Å². The monoisotopic (exact) mass is 562 g/mol. The predicted octanol–water partition coefficient (Wildman–Crippen LogP) is -24.0. The van der Waals surface area contributed by atoms with E-state index in [1.54, 1.807) is 0 Å². The van der Waals surface area contributed by atoms with Crippen LogP contribution in [0.4, 0.5) is 0 Å².